The number of carbonyl (C=O) groups excluding carboxylic acids is 1. The number of hydrogen-bond donors (Lipinski definition) is 3. The fraction of sp³-hybridized carbons (Fsp3) is 0.300. The second kappa shape index (κ2) is 11.1. The maximum absolute atomic E-state index is 12.9. The Bertz CT molecular complexity index is 1140. The second-order valence-electron chi connectivity index (χ2n) is 6.61. The lowest BCUT2D eigenvalue weighted by molar-refractivity contribution is -0.274. The number of aliphatic carboxylic acids is 1. The van der Waals surface area contributed by atoms with Gasteiger partial charge >= 0.3 is 12.3 Å². The number of rotatable bonds is 11. The molecule has 0 aliphatic heterocycles. The SMILES string of the molecule is CCOc1cc(NC(=O)C(COC)C(=O)O)ccc1S(=O)(=O)Nc1cccc(OC(F)(F)F)c1. The third kappa shape index (κ3) is 7.52. The first kappa shape index (κ1) is 26.7. The maximum atomic E-state index is 12.9. The molecule has 0 heterocycles. The molecule has 3 N–H and O–H groups in total. The summed E-state index contributed by atoms with van der Waals surface area (Å²) < 4.78 is 79.0. The van der Waals surface area contributed by atoms with Gasteiger partial charge in [0, 0.05) is 24.9 Å². The van der Waals surface area contributed by atoms with Gasteiger partial charge in [-0.1, -0.05) is 6.07 Å². The van der Waals surface area contributed by atoms with E-state index in [2.05, 4.69) is 14.8 Å². The molecule has 0 spiro atoms. The van der Waals surface area contributed by atoms with Crippen LogP contribution in [0.4, 0.5) is 24.5 Å². The normalized spacial score (nSPS) is 12.5. The first-order valence-electron chi connectivity index (χ1n) is 9.54. The molecular formula is C20H21F3N2O8S. The molecule has 0 aromatic heterocycles. The number of methoxy groups -OCH3 is 1. The Balaban J connectivity index is 2.31. The molecule has 0 fully saturated rings. The van der Waals surface area contributed by atoms with Crippen LogP contribution in [0.3, 0.4) is 0 Å². The van der Waals surface area contributed by atoms with Crippen LogP contribution in [0.5, 0.6) is 11.5 Å². The topological polar surface area (TPSA) is 140 Å². The van der Waals surface area contributed by atoms with Gasteiger partial charge in [-0.2, -0.15) is 0 Å². The van der Waals surface area contributed by atoms with Crippen LogP contribution < -0.4 is 19.5 Å². The van der Waals surface area contributed by atoms with Crippen LogP contribution in [0.1, 0.15) is 6.92 Å². The fourth-order valence-electron chi connectivity index (χ4n) is 2.70. The van der Waals surface area contributed by atoms with Crippen molar-refractivity contribution in [3.63, 3.8) is 0 Å². The van der Waals surface area contributed by atoms with Crippen molar-refractivity contribution >= 4 is 33.3 Å². The molecule has 2 rings (SSSR count). The highest BCUT2D eigenvalue weighted by atomic mass is 32.2. The third-order valence-corrected chi connectivity index (χ3v) is 5.49. The zero-order chi connectivity index (χ0) is 25.5. The number of amides is 1. The van der Waals surface area contributed by atoms with E-state index in [1.54, 1.807) is 6.92 Å². The summed E-state index contributed by atoms with van der Waals surface area (Å²) in [6.07, 6.45) is -4.96. The van der Waals surface area contributed by atoms with Crippen molar-refractivity contribution in [3.05, 3.63) is 42.5 Å². The van der Waals surface area contributed by atoms with E-state index in [-0.39, 0.29) is 35.2 Å². The summed E-state index contributed by atoms with van der Waals surface area (Å²) in [4.78, 5) is 23.1. The molecular weight excluding hydrogens is 485 g/mol. The summed E-state index contributed by atoms with van der Waals surface area (Å²) in [6, 6.07) is 7.70. The summed E-state index contributed by atoms with van der Waals surface area (Å²) in [5.74, 6) is -4.62. The number of hydrogen-bond acceptors (Lipinski definition) is 7. The molecule has 2 aromatic carbocycles. The van der Waals surface area contributed by atoms with Gasteiger partial charge in [-0.15, -0.1) is 13.2 Å². The number of carbonyl (C=O) groups is 2. The summed E-state index contributed by atoms with van der Waals surface area (Å²) in [7, 11) is -3.12. The van der Waals surface area contributed by atoms with E-state index in [1.807, 2.05) is 0 Å². The van der Waals surface area contributed by atoms with Gasteiger partial charge in [-0.3, -0.25) is 14.3 Å². The molecule has 1 atom stereocenters. The van der Waals surface area contributed by atoms with Gasteiger partial charge in [0.05, 0.1) is 18.9 Å². The van der Waals surface area contributed by atoms with E-state index in [1.165, 1.54) is 31.4 Å². The Morgan fingerprint density at radius 3 is 2.41 bits per heavy atom. The van der Waals surface area contributed by atoms with E-state index < -0.39 is 39.9 Å². The van der Waals surface area contributed by atoms with Crippen LogP contribution in [0, 0.1) is 5.92 Å². The van der Waals surface area contributed by atoms with E-state index >= 15 is 0 Å². The summed E-state index contributed by atoms with van der Waals surface area (Å²) in [5, 5.41) is 11.5. The predicted molar refractivity (Wildman–Crippen MR) is 113 cm³/mol. The molecule has 0 saturated heterocycles. The monoisotopic (exact) mass is 506 g/mol. The quantitative estimate of drug-likeness (QED) is 0.395. The van der Waals surface area contributed by atoms with Crippen molar-refractivity contribution in [2.45, 2.75) is 18.2 Å². The van der Waals surface area contributed by atoms with E-state index in [4.69, 9.17) is 14.6 Å². The summed E-state index contributed by atoms with van der Waals surface area (Å²) in [5.41, 5.74) is -0.152. The first-order chi connectivity index (χ1) is 15.9. The highest BCUT2D eigenvalue weighted by molar-refractivity contribution is 7.92. The van der Waals surface area contributed by atoms with Crippen molar-refractivity contribution in [2.24, 2.45) is 5.92 Å². The van der Waals surface area contributed by atoms with E-state index in [0.717, 1.165) is 18.2 Å². The van der Waals surface area contributed by atoms with Crippen molar-refractivity contribution in [1.82, 2.24) is 0 Å². The first-order valence-corrected chi connectivity index (χ1v) is 11.0. The summed E-state index contributed by atoms with van der Waals surface area (Å²) in [6.45, 7) is 1.23. The molecule has 0 radical (unpaired) electrons. The van der Waals surface area contributed by atoms with Gasteiger partial charge in [0.2, 0.25) is 5.91 Å². The number of ether oxygens (including phenoxy) is 3. The van der Waals surface area contributed by atoms with Crippen molar-refractivity contribution in [1.29, 1.82) is 0 Å². The Hall–Kier alpha value is -3.52. The average molecular weight is 506 g/mol. The zero-order valence-corrected chi connectivity index (χ0v) is 18.7. The summed E-state index contributed by atoms with van der Waals surface area (Å²) >= 11 is 0. The number of carboxylic acids is 1. The van der Waals surface area contributed by atoms with Gasteiger partial charge < -0.3 is 24.6 Å². The lowest BCUT2D eigenvalue weighted by Gasteiger charge is -2.16. The Morgan fingerprint density at radius 1 is 1.12 bits per heavy atom. The van der Waals surface area contributed by atoms with Gasteiger partial charge in [0.25, 0.3) is 10.0 Å². The molecule has 14 heteroatoms. The van der Waals surface area contributed by atoms with Crippen LogP contribution in [0.15, 0.2) is 47.4 Å². The molecule has 2 aromatic rings. The highest BCUT2D eigenvalue weighted by Crippen LogP contribution is 2.31. The number of sulfonamides is 1. The Labute approximate surface area is 192 Å². The van der Waals surface area contributed by atoms with E-state index in [9.17, 15) is 31.2 Å². The minimum atomic E-state index is -4.96. The molecule has 0 aliphatic carbocycles. The standard InChI is InChI=1S/C20H21F3N2O8S/c1-3-32-16-10-12(24-18(26)15(11-31-2)19(27)28)7-8-17(16)34(29,30)25-13-5-4-6-14(9-13)33-20(21,22)23/h4-10,15,25H,3,11H2,1-2H3,(H,24,26)(H,27,28). The van der Waals surface area contributed by atoms with Gasteiger partial charge in [0.15, 0.2) is 5.92 Å². The number of halogens is 3. The molecule has 0 saturated carbocycles. The van der Waals surface area contributed by atoms with Crippen molar-refractivity contribution in [3.8, 4) is 11.5 Å². The van der Waals surface area contributed by atoms with Crippen molar-refractivity contribution < 1.29 is 50.5 Å². The van der Waals surface area contributed by atoms with Gasteiger partial charge in [0.1, 0.15) is 16.4 Å². The molecule has 10 nitrogen and oxygen atoms in total. The average Bonchev–Trinajstić information content (AvgIpc) is 2.70. The largest absolute Gasteiger partial charge is 0.573 e. The molecule has 186 valence electrons. The van der Waals surface area contributed by atoms with Crippen LogP contribution >= 0.6 is 0 Å². The molecule has 0 aliphatic rings. The number of benzene rings is 2. The molecule has 1 amide bonds. The lowest BCUT2D eigenvalue weighted by Crippen LogP contribution is -2.33. The van der Waals surface area contributed by atoms with Crippen molar-refractivity contribution in [2.75, 3.05) is 30.4 Å². The zero-order valence-electron chi connectivity index (χ0n) is 17.9. The second-order valence-corrected chi connectivity index (χ2v) is 8.26. The minimum absolute atomic E-state index is 0.0379. The number of nitrogens with one attached hydrogen (secondary N) is 2. The van der Waals surface area contributed by atoms with Crippen LogP contribution in [-0.4, -0.2) is 52.1 Å². The van der Waals surface area contributed by atoms with E-state index in [0.29, 0.717) is 0 Å². The van der Waals surface area contributed by atoms with Crippen LogP contribution in [0.25, 0.3) is 0 Å². The molecule has 1 unspecified atom stereocenters. The Morgan fingerprint density at radius 2 is 1.82 bits per heavy atom. The molecule has 34 heavy (non-hydrogen) atoms. The number of alkyl halides is 3. The number of anilines is 2. The Kier molecular flexibility index (Phi) is 8.70. The third-order valence-electron chi connectivity index (χ3n) is 4.07. The lowest BCUT2D eigenvalue weighted by atomic mass is 10.1. The van der Waals surface area contributed by atoms with Crippen LogP contribution in [-0.2, 0) is 24.3 Å². The number of carboxylic acid groups (broad SMARTS) is 1. The predicted octanol–water partition coefficient (Wildman–Crippen LogP) is 3.07. The van der Waals surface area contributed by atoms with Crippen LogP contribution in [0.2, 0.25) is 0 Å². The highest BCUT2D eigenvalue weighted by Gasteiger charge is 2.31. The smallest absolute Gasteiger partial charge is 0.492 e. The fourth-order valence-corrected chi connectivity index (χ4v) is 3.88. The van der Waals surface area contributed by atoms with Gasteiger partial charge in [-0.25, -0.2) is 8.42 Å². The minimum Gasteiger partial charge on any atom is -0.492 e. The van der Waals surface area contributed by atoms with Gasteiger partial charge in [-0.05, 0) is 31.2 Å². The molecule has 0 bridgehead atoms. The maximum Gasteiger partial charge on any atom is 0.573 e.